The van der Waals surface area contributed by atoms with Crippen LogP contribution in [0.4, 0.5) is 0 Å². The van der Waals surface area contributed by atoms with E-state index < -0.39 is 0 Å². The average Bonchev–Trinajstić information content (AvgIpc) is 3.18. The molecule has 4 N–H and O–H groups in total. The van der Waals surface area contributed by atoms with Crippen LogP contribution in [0.3, 0.4) is 0 Å². The first-order chi connectivity index (χ1) is 14.5. The van der Waals surface area contributed by atoms with Crippen LogP contribution in [0.1, 0.15) is 76.3 Å². The molecule has 1 fully saturated rings. The summed E-state index contributed by atoms with van der Waals surface area (Å²) in [6.45, 7) is 12.4. The molecule has 2 aromatic carbocycles. The van der Waals surface area contributed by atoms with Crippen LogP contribution in [0.25, 0.3) is 0 Å². The monoisotopic (exact) mass is 422 g/mol. The fraction of sp³-hybridized carbons (Fsp3) is 0.440. The number of hydrogen-bond acceptors (Lipinski definition) is 5. The summed E-state index contributed by atoms with van der Waals surface area (Å²) in [5, 5.41) is 15.0. The smallest absolute Gasteiger partial charge is 0.258 e. The molecule has 0 spiro atoms. The maximum absolute atomic E-state index is 12.6. The van der Waals surface area contributed by atoms with Crippen molar-refractivity contribution >= 4 is 12.1 Å². The summed E-state index contributed by atoms with van der Waals surface area (Å²) >= 11 is 0. The fourth-order valence-corrected chi connectivity index (χ4v) is 3.76. The van der Waals surface area contributed by atoms with Crippen LogP contribution in [-0.2, 0) is 15.6 Å². The van der Waals surface area contributed by atoms with E-state index >= 15 is 0 Å². The average molecular weight is 423 g/mol. The Morgan fingerprint density at radius 3 is 2.16 bits per heavy atom. The molecule has 166 valence electrons. The number of carbonyl (C=O) groups is 1. The van der Waals surface area contributed by atoms with Gasteiger partial charge >= 0.3 is 0 Å². The number of carbonyl (C=O) groups excluding carboxylic acids is 1. The zero-order valence-electron chi connectivity index (χ0n) is 19.3. The van der Waals surface area contributed by atoms with Crippen LogP contribution in [0, 0.1) is 0 Å². The van der Waals surface area contributed by atoms with Gasteiger partial charge in [0, 0.05) is 17.2 Å². The molecule has 6 heteroatoms. The zero-order chi connectivity index (χ0) is 22.8. The zero-order valence-corrected chi connectivity index (χ0v) is 19.3. The molecule has 0 radical (unpaired) electrons. The van der Waals surface area contributed by atoms with Gasteiger partial charge in [0.2, 0.25) is 0 Å². The third kappa shape index (κ3) is 5.51. The number of nitrogens with one attached hydrogen (secondary N) is 3. The lowest BCUT2D eigenvalue weighted by Crippen LogP contribution is -2.41. The number of rotatable bonds is 4. The van der Waals surface area contributed by atoms with E-state index in [9.17, 15) is 9.90 Å². The number of phenolic OH excluding ortho intramolecular Hbond substituents is 1. The Morgan fingerprint density at radius 1 is 1.03 bits per heavy atom. The van der Waals surface area contributed by atoms with Crippen molar-refractivity contribution in [3.63, 3.8) is 0 Å². The molecule has 1 heterocycles. The van der Waals surface area contributed by atoms with Crippen LogP contribution in [-0.4, -0.2) is 23.3 Å². The second-order valence-electron chi connectivity index (χ2n) is 10.2. The van der Waals surface area contributed by atoms with Gasteiger partial charge in [-0.15, -0.1) is 0 Å². The third-order valence-electron chi connectivity index (χ3n) is 5.56. The lowest BCUT2D eigenvalue weighted by atomic mass is 9.78. The number of nitrogens with zero attached hydrogens (tertiary/aromatic N) is 1. The van der Waals surface area contributed by atoms with E-state index in [1.54, 1.807) is 6.21 Å². The van der Waals surface area contributed by atoms with Crippen molar-refractivity contribution < 1.29 is 9.90 Å². The SMILES string of the molecule is CC(C)(C)c1cc(/C=N/NC(=O)C2CC(c3ccccc3)NN2)cc(C(C)(C)C)c1O. The van der Waals surface area contributed by atoms with Crippen molar-refractivity contribution in [2.75, 3.05) is 0 Å². The fourth-order valence-electron chi connectivity index (χ4n) is 3.76. The number of hydrogen-bond donors (Lipinski definition) is 4. The number of phenols is 1. The topological polar surface area (TPSA) is 85.8 Å². The first-order valence-corrected chi connectivity index (χ1v) is 10.7. The van der Waals surface area contributed by atoms with Gasteiger partial charge < -0.3 is 5.11 Å². The van der Waals surface area contributed by atoms with E-state index in [1.165, 1.54) is 0 Å². The Morgan fingerprint density at radius 2 is 1.61 bits per heavy atom. The Balaban J connectivity index is 1.71. The standard InChI is InChI=1S/C25H34N4O2/c1-24(2,3)18-12-16(13-19(22(18)30)25(4,5)6)15-26-29-23(31)21-14-20(27-28-21)17-10-8-7-9-11-17/h7-13,15,20-21,27-28,30H,14H2,1-6H3,(H,29,31)/b26-15+. The molecule has 2 atom stereocenters. The van der Waals surface area contributed by atoms with E-state index in [1.807, 2.05) is 42.5 Å². The predicted octanol–water partition coefficient (Wildman–Crippen LogP) is 4.05. The van der Waals surface area contributed by atoms with Gasteiger partial charge in [-0.2, -0.15) is 5.10 Å². The number of hydrazine groups is 1. The minimum Gasteiger partial charge on any atom is -0.507 e. The van der Waals surface area contributed by atoms with Crippen molar-refractivity contribution in [1.29, 1.82) is 0 Å². The Kier molecular flexibility index (Phi) is 6.53. The minimum absolute atomic E-state index is 0.0849. The lowest BCUT2D eigenvalue weighted by Gasteiger charge is -2.27. The molecular formula is C25H34N4O2. The maximum Gasteiger partial charge on any atom is 0.258 e. The first-order valence-electron chi connectivity index (χ1n) is 10.7. The summed E-state index contributed by atoms with van der Waals surface area (Å²) in [6.07, 6.45) is 2.28. The van der Waals surface area contributed by atoms with E-state index in [2.05, 4.69) is 62.9 Å². The van der Waals surface area contributed by atoms with Crippen molar-refractivity contribution in [2.45, 2.75) is 70.9 Å². The molecule has 1 aliphatic rings. The van der Waals surface area contributed by atoms with Crippen molar-refractivity contribution in [3.8, 4) is 5.75 Å². The number of amides is 1. The number of aromatic hydroxyl groups is 1. The van der Waals surface area contributed by atoms with Crippen LogP contribution in [0.2, 0.25) is 0 Å². The van der Waals surface area contributed by atoms with Gasteiger partial charge in [0.25, 0.3) is 5.91 Å². The van der Waals surface area contributed by atoms with E-state index in [0.29, 0.717) is 12.2 Å². The van der Waals surface area contributed by atoms with Gasteiger partial charge in [0.05, 0.1) is 6.21 Å². The van der Waals surface area contributed by atoms with Gasteiger partial charge in [-0.1, -0.05) is 71.9 Å². The quantitative estimate of drug-likeness (QED) is 0.442. The van der Waals surface area contributed by atoms with Crippen LogP contribution in [0.5, 0.6) is 5.75 Å². The third-order valence-corrected chi connectivity index (χ3v) is 5.56. The highest BCUT2D eigenvalue weighted by Gasteiger charge is 2.30. The predicted molar refractivity (Wildman–Crippen MR) is 125 cm³/mol. The molecular weight excluding hydrogens is 388 g/mol. The normalized spacial score (nSPS) is 19.7. The maximum atomic E-state index is 12.6. The van der Waals surface area contributed by atoms with Gasteiger partial charge in [0.1, 0.15) is 11.8 Å². The highest BCUT2D eigenvalue weighted by atomic mass is 16.3. The van der Waals surface area contributed by atoms with Crippen LogP contribution >= 0.6 is 0 Å². The second kappa shape index (κ2) is 8.81. The van der Waals surface area contributed by atoms with Crippen molar-refractivity contribution in [1.82, 2.24) is 16.3 Å². The molecule has 1 amide bonds. The molecule has 0 aromatic heterocycles. The van der Waals surface area contributed by atoms with Gasteiger partial charge in [-0.3, -0.25) is 4.79 Å². The Bertz CT molecular complexity index is 921. The van der Waals surface area contributed by atoms with Crippen molar-refractivity contribution in [3.05, 3.63) is 64.7 Å². The Hall–Kier alpha value is -2.70. The summed E-state index contributed by atoms with van der Waals surface area (Å²) in [5.74, 6) is 0.141. The molecule has 3 rings (SSSR count). The Labute approximate surface area is 185 Å². The first kappa shape index (κ1) is 23.0. The molecule has 1 saturated heterocycles. The lowest BCUT2D eigenvalue weighted by molar-refractivity contribution is -0.122. The summed E-state index contributed by atoms with van der Waals surface area (Å²) in [5.41, 5.74) is 12.1. The van der Waals surface area contributed by atoms with Gasteiger partial charge in [0.15, 0.2) is 0 Å². The number of hydrazone groups is 1. The molecule has 2 unspecified atom stereocenters. The van der Waals surface area contributed by atoms with E-state index in [0.717, 1.165) is 22.3 Å². The van der Waals surface area contributed by atoms with E-state index in [4.69, 9.17) is 0 Å². The second-order valence-corrected chi connectivity index (χ2v) is 10.2. The summed E-state index contributed by atoms with van der Waals surface area (Å²) in [6, 6.07) is 13.6. The highest BCUT2D eigenvalue weighted by molar-refractivity contribution is 5.85. The molecule has 0 bridgehead atoms. The minimum atomic E-state index is -0.363. The molecule has 6 nitrogen and oxygen atoms in total. The molecule has 0 aliphatic carbocycles. The summed E-state index contributed by atoms with van der Waals surface area (Å²) in [7, 11) is 0. The number of benzene rings is 2. The molecule has 0 saturated carbocycles. The van der Waals surface area contributed by atoms with E-state index in [-0.39, 0.29) is 28.8 Å². The largest absolute Gasteiger partial charge is 0.507 e. The van der Waals surface area contributed by atoms with Crippen molar-refractivity contribution in [2.24, 2.45) is 5.10 Å². The van der Waals surface area contributed by atoms with Crippen LogP contribution in [0.15, 0.2) is 47.6 Å². The molecule has 2 aromatic rings. The van der Waals surface area contributed by atoms with Gasteiger partial charge in [-0.25, -0.2) is 16.3 Å². The summed E-state index contributed by atoms with van der Waals surface area (Å²) < 4.78 is 0. The van der Waals surface area contributed by atoms with Crippen LogP contribution < -0.4 is 16.3 Å². The molecule has 1 aliphatic heterocycles. The highest BCUT2D eigenvalue weighted by Crippen LogP contribution is 2.39. The van der Waals surface area contributed by atoms with Gasteiger partial charge in [-0.05, 0) is 40.5 Å². The molecule has 31 heavy (non-hydrogen) atoms. The summed E-state index contributed by atoms with van der Waals surface area (Å²) in [4.78, 5) is 12.6.